The lowest BCUT2D eigenvalue weighted by molar-refractivity contribution is 0.120. The fourth-order valence-corrected chi connectivity index (χ4v) is 4.05. The van der Waals surface area contributed by atoms with Crippen molar-refractivity contribution in [3.8, 4) is 11.5 Å². The van der Waals surface area contributed by atoms with Crippen LogP contribution in [0.25, 0.3) is 0 Å². The molecule has 22 heavy (non-hydrogen) atoms. The normalized spacial score (nSPS) is 24.8. The fourth-order valence-electron chi connectivity index (χ4n) is 4.05. The Labute approximate surface area is 134 Å². The number of ether oxygens (including phenoxy) is 2. The Morgan fingerprint density at radius 3 is 2.59 bits per heavy atom. The van der Waals surface area contributed by atoms with Crippen LogP contribution < -0.4 is 9.47 Å². The first-order valence-electron chi connectivity index (χ1n) is 8.44. The molecule has 0 aliphatic carbocycles. The van der Waals surface area contributed by atoms with E-state index in [-0.39, 0.29) is 0 Å². The fraction of sp³-hybridized carbons (Fsp3) is 0.632. The van der Waals surface area contributed by atoms with Gasteiger partial charge in [0.1, 0.15) is 0 Å². The quantitative estimate of drug-likeness (QED) is 0.842. The van der Waals surface area contributed by atoms with Crippen LogP contribution in [-0.2, 0) is 6.42 Å². The number of methoxy groups -OCH3 is 2. The van der Waals surface area contributed by atoms with Crippen LogP contribution in [0.2, 0.25) is 0 Å². The maximum Gasteiger partial charge on any atom is 0.161 e. The predicted molar refractivity (Wildman–Crippen MR) is 89.4 cm³/mol. The number of fused-ring (bicyclic) bond motifs is 3. The van der Waals surface area contributed by atoms with Gasteiger partial charge in [0, 0.05) is 19.1 Å². The predicted octanol–water partition coefficient (Wildman–Crippen LogP) is 3.87. The molecule has 3 rings (SSSR count). The van der Waals surface area contributed by atoms with Crippen LogP contribution in [0.4, 0.5) is 0 Å². The highest BCUT2D eigenvalue weighted by Gasteiger charge is 2.34. The number of rotatable bonds is 4. The first-order chi connectivity index (χ1) is 10.6. The topological polar surface area (TPSA) is 21.7 Å². The zero-order valence-electron chi connectivity index (χ0n) is 14.3. The minimum absolute atomic E-state index is 0.520. The molecule has 0 amide bonds. The molecule has 121 valence electrons. The molecule has 0 aromatic heterocycles. The van der Waals surface area contributed by atoms with Gasteiger partial charge in [0.15, 0.2) is 11.5 Å². The highest BCUT2D eigenvalue weighted by atomic mass is 16.5. The van der Waals surface area contributed by atoms with Gasteiger partial charge in [-0.1, -0.05) is 13.8 Å². The van der Waals surface area contributed by atoms with E-state index in [4.69, 9.17) is 9.47 Å². The van der Waals surface area contributed by atoms with E-state index in [1.54, 1.807) is 14.2 Å². The molecule has 0 N–H and O–H groups in total. The molecule has 1 aromatic rings. The van der Waals surface area contributed by atoms with Crippen LogP contribution in [0.1, 0.15) is 43.9 Å². The third-order valence-corrected chi connectivity index (χ3v) is 5.05. The average molecular weight is 302 g/mol. The third kappa shape index (κ3) is 2.96. The summed E-state index contributed by atoms with van der Waals surface area (Å²) in [5.74, 6) is 3.23. The van der Waals surface area contributed by atoms with Crippen molar-refractivity contribution in [2.75, 3.05) is 27.3 Å². The average Bonchev–Trinajstić information content (AvgIpc) is 2.52. The molecule has 2 atom stereocenters. The lowest BCUT2D eigenvalue weighted by Crippen LogP contribution is -2.42. The summed E-state index contributed by atoms with van der Waals surface area (Å²) in [7, 11) is 3.43. The second kappa shape index (κ2) is 6.49. The van der Waals surface area contributed by atoms with E-state index < -0.39 is 0 Å². The first-order valence-corrected chi connectivity index (χ1v) is 8.44. The summed E-state index contributed by atoms with van der Waals surface area (Å²) in [6.07, 6.45) is 6.12. The van der Waals surface area contributed by atoms with E-state index in [0.29, 0.717) is 6.04 Å². The van der Waals surface area contributed by atoms with Gasteiger partial charge in [-0.05, 0) is 60.8 Å². The Morgan fingerprint density at radius 1 is 1.18 bits per heavy atom. The van der Waals surface area contributed by atoms with Gasteiger partial charge in [0.25, 0.3) is 0 Å². The zero-order valence-corrected chi connectivity index (χ0v) is 14.3. The highest BCUT2D eigenvalue weighted by Crippen LogP contribution is 2.43. The number of benzene rings is 1. The first kappa shape index (κ1) is 15.7. The van der Waals surface area contributed by atoms with Crippen LogP contribution >= 0.6 is 0 Å². The molecular formula is C19H28NO2. The van der Waals surface area contributed by atoms with Crippen LogP contribution in [0.5, 0.6) is 11.5 Å². The van der Waals surface area contributed by atoms with E-state index in [1.165, 1.54) is 24.1 Å². The Hall–Kier alpha value is -1.22. The molecule has 1 fully saturated rings. The third-order valence-electron chi connectivity index (χ3n) is 5.05. The van der Waals surface area contributed by atoms with E-state index in [0.717, 1.165) is 42.7 Å². The summed E-state index contributed by atoms with van der Waals surface area (Å²) in [4.78, 5) is 2.67. The van der Waals surface area contributed by atoms with Crippen molar-refractivity contribution in [3.63, 3.8) is 0 Å². The Balaban J connectivity index is 1.82. The van der Waals surface area contributed by atoms with Crippen LogP contribution in [0.15, 0.2) is 12.1 Å². The summed E-state index contributed by atoms with van der Waals surface area (Å²) in [5.41, 5.74) is 2.86. The molecule has 2 unspecified atom stereocenters. The second-order valence-electron chi connectivity index (χ2n) is 7.03. The molecule has 1 radical (unpaired) electrons. The molecule has 0 bridgehead atoms. The van der Waals surface area contributed by atoms with Gasteiger partial charge in [-0.3, -0.25) is 4.90 Å². The molecule has 0 spiro atoms. The highest BCUT2D eigenvalue weighted by molar-refractivity contribution is 5.49. The summed E-state index contributed by atoms with van der Waals surface area (Å²) < 4.78 is 11.0. The number of piperidine rings is 1. The van der Waals surface area contributed by atoms with Crippen LogP contribution in [0.3, 0.4) is 0 Å². The molecular weight excluding hydrogens is 274 g/mol. The molecule has 2 heterocycles. The summed E-state index contributed by atoms with van der Waals surface area (Å²) >= 11 is 0. The van der Waals surface area contributed by atoms with E-state index in [1.807, 2.05) is 0 Å². The van der Waals surface area contributed by atoms with Gasteiger partial charge in [0.05, 0.1) is 14.2 Å². The van der Waals surface area contributed by atoms with Crippen LogP contribution in [0, 0.1) is 18.3 Å². The molecule has 0 saturated carbocycles. The van der Waals surface area contributed by atoms with Gasteiger partial charge in [-0.25, -0.2) is 0 Å². The van der Waals surface area contributed by atoms with Crippen molar-refractivity contribution in [3.05, 3.63) is 29.7 Å². The van der Waals surface area contributed by atoms with Gasteiger partial charge >= 0.3 is 0 Å². The minimum Gasteiger partial charge on any atom is -0.493 e. The SMILES string of the molecule is COc1cc2c(cc1OC)C1C[CH]C(CC(C)C)CN1CC2. The zero-order chi connectivity index (χ0) is 15.7. The number of nitrogens with zero attached hydrogens (tertiary/aromatic N) is 1. The van der Waals surface area contributed by atoms with Gasteiger partial charge in [-0.15, -0.1) is 0 Å². The molecule has 2 aliphatic heterocycles. The summed E-state index contributed by atoms with van der Waals surface area (Å²) in [6, 6.07) is 4.89. The van der Waals surface area contributed by atoms with E-state index in [9.17, 15) is 0 Å². The van der Waals surface area contributed by atoms with Gasteiger partial charge in [-0.2, -0.15) is 0 Å². The van der Waals surface area contributed by atoms with Crippen molar-refractivity contribution in [1.82, 2.24) is 4.90 Å². The lowest BCUT2D eigenvalue weighted by atomic mass is 9.81. The van der Waals surface area contributed by atoms with E-state index in [2.05, 4.69) is 37.3 Å². The molecule has 1 saturated heterocycles. The van der Waals surface area contributed by atoms with Crippen molar-refractivity contribution in [2.45, 2.75) is 39.2 Å². The van der Waals surface area contributed by atoms with Crippen molar-refractivity contribution < 1.29 is 9.47 Å². The Bertz CT molecular complexity index is 526. The standard InChI is InChI=1S/C19H28NO2/c1-13(2)9-14-5-6-17-16-11-19(22-4)18(21-3)10-15(16)7-8-20(17)12-14/h5,10-11,13-14,17H,6-9,12H2,1-4H3. The number of hydrogen-bond acceptors (Lipinski definition) is 3. The van der Waals surface area contributed by atoms with Crippen LogP contribution in [-0.4, -0.2) is 32.2 Å². The van der Waals surface area contributed by atoms with Crippen molar-refractivity contribution in [1.29, 1.82) is 0 Å². The minimum atomic E-state index is 0.520. The smallest absolute Gasteiger partial charge is 0.161 e. The molecule has 1 aromatic carbocycles. The maximum absolute atomic E-state index is 5.50. The lowest BCUT2D eigenvalue weighted by Gasteiger charge is -2.44. The largest absolute Gasteiger partial charge is 0.493 e. The Morgan fingerprint density at radius 2 is 1.91 bits per heavy atom. The number of hydrogen-bond donors (Lipinski definition) is 0. The summed E-state index contributed by atoms with van der Waals surface area (Å²) in [5, 5.41) is 0. The molecule has 2 aliphatic rings. The maximum atomic E-state index is 5.50. The molecule has 3 nitrogen and oxygen atoms in total. The monoisotopic (exact) mass is 302 g/mol. The van der Waals surface area contributed by atoms with Gasteiger partial charge in [0.2, 0.25) is 0 Å². The summed E-state index contributed by atoms with van der Waals surface area (Å²) in [6.45, 7) is 7.01. The molecule has 3 heteroatoms. The van der Waals surface area contributed by atoms with E-state index >= 15 is 0 Å². The Kier molecular flexibility index (Phi) is 4.62. The van der Waals surface area contributed by atoms with Crippen molar-refractivity contribution in [2.24, 2.45) is 11.8 Å². The van der Waals surface area contributed by atoms with Crippen molar-refractivity contribution >= 4 is 0 Å². The van der Waals surface area contributed by atoms with Gasteiger partial charge < -0.3 is 9.47 Å². The second-order valence-corrected chi connectivity index (χ2v) is 7.03.